The summed E-state index contributed by atoms with van der Waals surface area (Å²) in [6.45, 7) is 2.06. The van der Waals surface area contributed by atoms with Gasteiger partial charge in [0, 0.05) is 12.8 Å². The summed E-state index contributed by atoms with van der Waals surface area (Å²) in [5.74, 6) is 0. The number of benzene rings is 1. The van der Waals surface area contributed by atoms with Gasteiger partial charge in [-0.2, -0.15) is 0 Å². The summed E-state index contributed by atoms with van der Waals surface area (Å²) in [7, 11) is -3.04. The van der Waals surface area contributed by atoms with Crippen molar-refractivity contribution in [2.45, 2.75) is 18.7 Å². The van der Waals surface area contributed by atoms with Crippen LogP contribution in [-0.4, -0.2) is 14.7 Å². The number of nitrogens with two attached hydrogens (primary N) is 1. The van der Waals surface area contributed by atoms with E-state index in [9.17, 15) is 8.42 Å². The summed E-state index contributed by atoms with van der Waals surface area (Å²) in [6.07, 6.45) is 1.24. The van der Waals surface area contributed by atoms with Crippen molar-refractivity contribution in [1.82, 2.24) is 0 Å². The quantitative estimate of drug-likeness (QED) is 0.822. The summed E-state index contributed by atoms with van der Waals surface area (Å²) in [5, 5.41) is -0.484. The minimum Gasteiger partial charge on any atom is -0.326 e. The Morgan fingerprint density at radius 1 is 1.36 bits per heavy atom. The monoisotopic (exact) mass is 213 g/mol. The van der Waals surface area contributed by atoms with E-state index in [4.69, 9.17) is 5.73 Å². The molecule has 0 heterocycles. The standard InChI is InChI=1S/C10H15NO2S/c1-8(14(2,12)13)10-6-4-3-5-9(10)7-11/h3-6,8H,7,11H2,1-2H3. The molecule has 0 radical (unpaired) electrons. The summed E-state index contributed by atoms with van der Waals surface area (Å²) in [5.41, 5.74) is 7.23. The van der Waals surface area contributed by atoms with E-state index in [1.807, 2.05) is 24.3 Å². The maximum absolute atomic E-state index is 11.4. The van der Waals surface area contributed by atoms with Gasteiger partial charge in [-0.1, -0.05) is 24.3 Å². The van der Waals surface area contributed by atoms with Gasteiger partial charge in [0.05, 0.1) is 5.25 Å². The molecule has 0 aliphatic rings. The molecular formula is C10H15NO2S. The molecule has 4 heteroatoms. The Labute approximate surface area is 84.9 Å². The lowest BCUT2D eigenvalue weighted by molar-refractivity contribution is 0.592. The Kier molecular flexibility index (Phi) is 3.29. The minimum atomic E-state index is -3.04. The molecule has 0 saturated carbocycles. The highest BCUT2D eigenvalue weighted by Gasteiger charge is 2.18. The molecule has 0 bridgehead atoms. The topological polar surface area (TPSA) is 60.2 Å². The molecule has 0 saturated heterocycles. The molecule has 1 aromatic carbocycles. The van der Waals surface area contributed by atoms with Crippen LogP contribution in [0.25, 0.3) is 0 Å². The predicted octanol–water partition coefficient (Wildman–Crippen LogP) is 1.25. The maximum Gasteiger partial charge on any atom is 0.154 e. The number of rotatable bonds is 3. The highest BCUT2D eigenvalue weighted by atomic mass is 32.2. The molecule has 1 rings (SSSR count). The van der Waals surface area contributed by atoms with E-state index in [1.165, 1.54) is 6.26 Å². The van der Waals surface area contributed by atoms with Gasteiger partial charge in [0.2, 0.25) is 0 Å². The molecule has 0 amide bonds. The molecule has 1 atom stereocenters. The van der Waals surface area contributed by atoms with Gasteiger partial charge in [-0.05, 0) is 18.1 Å². The molecule has 1 aromatic rings. The van der Waals surface area contributed by atoms with E-state index in [0.717, 1.165) is 11.1 Å². The number of hydrogen-bond donors (Lipinski definition) is 1. The van der Waals surface area contributed by atoms with Crippen LogP contribution >= 0.6 is 0 Å². The third kappa shape index (κ3) is 2.33. The first-order chi connectivity index (χ1) is 6.46. The Balaban J connectivity index is 3.19. The molecule has 0 spiro atoms. The van der Waals surface area contributed by atoms with Gasteiger partial charge in [0.1, 0.15) is 0 Å². The molecule has 0 aliphatic heterocycles. The van der Waals surface area contributed by atoms with Crippen LogP contribution in [0.15, 0.2) is 24.3 Å². The summed E-state index contributed by atoms with van der Waals surface area (Å²) in [4.78, 5) is 0. The Morgan fingerprint density at radius 2 is 1.93 bits per heavy atom. The Hall–Kier alpha value is -0.870. The van der Waals surface area contributed by atoms with Gasteiger partial charge in [-0.15, -0.1) is 0 Å². The second-order valence-corrected chi connectivity index (χ2v) is 5.74. The Bertz CT molecular complexity index is 412. The van der Waals surface area contributed by atoms with Gasteiger partial charge < -0.3 is 5.73 Å². The molecule has 14 heavy (non-hydrogen) atoms. The summed E-state index contributed by atoms with van der Waals surface area (Å²) in [6, 6.07) is 7.36. The van der Waals surface area contributed by atoms with Crippen molar-refractivity contribution in [3.8, 4) is 0 Å². The van der Waals surface area contributed by atoms with Crippen molar-refractivity contribution >= 4 is 9.84 Å². The lowest BCUT2D eigenvalue weighted by Gasteiger charge is -2.13. The number of sulfone groups is 1. The van der Waals surface area contributed by atoms with Gasteiger partial charge in [-0.3, -0.25) is 0 Å². The van der Waals surface area contributed by atoms with Crippen LogP contribution in [0, 0.1) is 0 Å². The lowest BCUT2D eigenvalue weighted by atomic mass is 10.1. The van der Waals surface area contributed by atoms with Crippen LogP contribution in [0.2, 0.25) is 0 Å². The maximum atomic E-state index is 11.4. The van der Waals surface area contributed by atoms with Gasteiger partial charge >= 0.3 is 0 Å². The minimum absolute atomic E-state index is 0.371. The van der Waals surface area contributed by atoms with Crippen LogP contribution in [-0.2, 0) is 16.4 Å². The summed E-state index contributed by atoms with van der Waals surface area (Å²) >= 11 is 0. The highest BCUT2D eigenvalue weighted by molar-refractivity contribution is 7.90. The van der Waals surface area contributed by atoms with E-state index in [-0.39, 0.29) is 0 Å². The second kappa shape index (κ2) is 4.11. The van der Waals surface area contributed by atoms with Crippen LogP contribution in [0.3, 0.4) is 0 Å². The van der Waals surface area contributed by atoms with Crippen molar-refractivity contribution in [2.75, 3.05) is 6.26 Å². The molecular weight excluding hydrogens is 198 g/mol. The molecule has 2 N–H and O–H groups in total. The van der Waals surface area contributed by atoms with Crippen LogP contribution in [0.4, 0.5) is 0 Å². The van der Waals surface area contributed by atoms with E-state index < -0.39 is 15.1 Å². The van der Waals surface area contributed by atoms with Crippen LogP contribution in [0.1, 0.15) is 23.3 Å². The summed E-state index contributed by atoms with van der Waals surface area (Å²) < 4.78 is 22.7. The van der Waals surface area contributed by atoms with E-state index in [1.54, 1.807) is 6.92 Å². The smallest absolute Gasteiger partial charge is 0.154 e. The first-order valence-corrected chi connectivity index (χ1v) is 6.39. The second-order valence-electron chi connectivity index (χ2n) is 3.37. The number of hydrogen-bond acceptors (Lipinski definition) is 3. The van der Waals surface area contributed by atoms with Crippen molar-refractivity contribution < 1.29 is 8.42 Å². The van der Waals surface area contributed by atoms with Crippen LogP contribution in [0.5, 0.6) is 0 Å². The third-order valence-corrected chi connectivity index (χ3v) is 3.89. The SMILES string of the molecule is CC(c1ccccc1CN)S(C)(=O)=O. The van der Waals surface area contributed by atoms with Crippen molar-refractivity contribution in [1.29, 1.82) is 0 Å². The lowest BCUT2D eigenvalue weighted by Crippen LogP contribution is -2.11. The first-order valence-electron chi connectivity index (χ1n) is 4.43. The zero-order valence-electron chi connectivity index (χ0n) is 8.40. The van der Waals surface area contributed by atoms with Gasteiger partial charge in [0.15, 0.2) is 9.84 Å². The molecule has 3 nitrogen and oxygen atoms in total. The molecule has 0 fully saturated rings. The molecule has 1 unspecified atom stereocenters. The van der Waals surface area contributed by atoms with Gasteiger partial charge in [0.25, 0.3) is 0 Å². The van der Waals surface area contributed by atoms with Crippen LogP contribution < -0.4 is 5.73 Å². The van der Waals surface area contributed by atoms with E-state index in [2.05, 4.69) is 0 Å². The molecule has 78 valence electrons. The van der Waals surface area contributed by atoms with Crippen molar-refractivity contribution in [2.24, 2.45) is 5.73 Å². The molecule has 0 aliphatic carbocycles. The van der Waals surface area contributed by atoms with Gasteiger partial charge in [-0.25, -0.2) is 8.42 Å². The van der Waals surface area contributed by atoms with Crippen molar-refractivity contribution in [3.63, 3.8) is 0 Å². The van der Waals surface area contributed by atoms with E-state index in [0.29, 0.717) is 6.54 Å². The van der Waals surface area contributed by atoms with Crippen molar-refractivity contribution in [3.05, 3.63) is 35.4 Å². The third-order valence-electron chi connectivity index (χ3n) is 2.36. The Morgan fingerprint density at radius 3 is 2.43 bits per heavy atom. The largest absolute Gasteiger partial charge is 0.326 e. The average Bonchev–Trinajstić information content (AvgIpc) is 2.15. The fourth-order valence-corrected chi connectivity index (χ4v) is 2.04. The zero-order chi connectivity index (χ0) is 10.8. The average molecular weight is 213 g/mol. The predicted molar refractivity (Wildman–Crippen MR) is 57.6 cm³/mol. The normalized spacial score (nSPS) is 13.9. The molecule has 0 aromatic heterocycles. The fraction of sp³-hybridized carbons (Fsp3) is 0.400. The highest BCUT2D eigenvalue weighted by Crippen LogP contribution is 2.23. The first kappa shape index (κ1) is 11.2. The zero-order valence-corrected chi connectivity index (χ0v) is 9.21. The fourth-order valence-electron chi connectivity index (χ4n) is 1.35. The van der Waals surface area contributed by atoms with E-state index >= 15 is 0 Å².